The van der Waals surface area contributed by atoms with Gasteiger partial charge in [0.05, 0.1) is 19.8 Å². The Morgan fingerprint density at radius 2 is 1.95 bits per heavy atom. The molecule has 1 saturated heterocycles. The van der Waals surface area contributed by atoms with Crippen LogP contribution in [0, 0.1) is 5.92 Å². The van der Waals surface area contributed by atoms with E-state index in [2.05, 4.69) is 17.0 Å². The van der Waals surface area contributed by atoms with E-state index in [4.69, 9.17) is 9.47 Å². The number of fused-ring (bicyclic) bond motifs is 1. The molecule has 2 heterocycles. The van der Waals surface area contributed by atoms with Gasteiger partial charge in [0.1, 0.15) is 0 Å². The minimum Gasteiger partial charge on any atom is -0.493 e. The highest BCUT2D eigenvalue weighted by Gasteiger charge is 2.53. The molecule has 3 heteroatoms. The normalized spacial score (nSPS) is 30.9. The van der Waals surface area contributed by atoms with Crippen LogP contribution in [0.1, 0.15) is 49.7 Å². The Hall–Kier alpha value is -1.22. The first-order valence-electron chi connectivity index (χ1n) is 8.80. The Labute approximate surface area is 133 Å². The Morgan fingerprint density at radius 3 is 2.77 bits per heavy atom. The second-order valence-corrected chi connectivity index (χ2v) is 7.08. The van der Waals surface area contributed by atoms with Crippen LogP contribution < -0.4 is 9.47 Å². The van der Waals surface area contributed by atoms with Crippen molar-refractivity contribution < 1.29 is 9.47 Å². The molecule has 3 nitrogen and oxygen atoms in total. The van der Waals surface area contributed by atoms with Crippen LogP contribution in [-0.4, -0.2) is 32.2 Å². The Bertz CT molecular complexity index is 571. The predicted molar refractivity (Wildman–Crippen MR) is 87.7 cm³/mol. The second kappa shape index (κ2) is 5.45. The number of nitrogens with zero attached hydrogens (tertiary/aromatic N) is 1. The standard InChI is InChI=1S/C19H27NO2/c1-21-16-9-8-14-6-5-12-20-13-10-15-7-3-4-11-19(15,20)17(14)18(16)22-2/h8-9,15H,3-7,10-13H2,1-2H3. The molecule has 0 radical (unpaired) electrons. The van der Waals surface area contributed by atoms with Crippen molar-refractivity contribution in [2.75, 3.05) is 27.3 Å². The zero-order valence-electron chi connectivity index (χ0n) is 13.9. The molecule has 1 saturated carbocycles. The zero-order valence-corrected chi connectivity index (χ0v) is 13.9. The van der Waals surface area contributed by atoms with E-state index in [9.17, 15) is 0 Å². The number of benzene rings is 1. The molecule has 0 N–H and O–H groups in total. The first-order valence-corrected chi connectivity index (χ1v) is 8.80. The van der Waals surface area contributed by atoms with E-state index in [0.717, 1.165) is 17.4 Å². The lowest BCUT2D eigenvalue weighted by molar-refractivity contribution is 0.0607. The van der Waals surface area contributed by atoms with Crippen molar-refractivity contribution in [1.82, 2.24) is 4.90 Å². The van der Waals surface area contributed by atoms with Gasteiger partial charge in [-0.15, -0.1) is 0 Å². The first kappa shape index (κ1) is 14.4. The fourth-order valence-electron chi connectivity index (χ4n) is 5.45. The highest BCUT2D eigenvalue weighted by Crippen LogP contribution is 2.57. The number of rotatable bonds is 2. The van der Waals surface area contributed by atoms with Gasteiger partial charge in [0.15, 0.2) is 11.5 Å². The molecule has 3 aliphatic rings. The van der Waals surface area contributed by atoms with Crippen molar-refractivity contribution in [2.24, 2.45) is 5.92 Å². The number of methoxy groups -OCH3 is 2. The highest BCUT2D eigenvalue weighted by atomic mass is 16.5. The quantitative estimate of drug-likeness (QED) is 0.830. The van der Waals surface area contributed by atoms with Gasteiger partial charge < -0.3 is 9.47 Å². The van der Waals surface area contributed by atoms with Gasteiger partial charge in [0.2, 0.25) is 0 Å². The molecule has 1 aromatic rings. The van der Waals surface area contributed by atoms with Crippen LogP contribution in [0.25, 0.3) is 0 Å². The molecule has 0 aromatic heterocycles. The van der Waals surface area contributed by atoms with Gasteiger partial charge in [-0.1, -0.05) is 18.9 Å². The molecule has 2 unspecified atom stereocenters. The van der Waals surface area contributed by atoms with Crippen molar-refractivity contribution in [2.45, 2.75) is 50.5 Å². The van der Waals surface area contributed by atoms with Crippen molar-refractivity contribution in [3.8, 4) is 11.5 Å². The summed E-state index contributed by atoms with van der Waals surface area (Å²) in [6, 6.07) is 4.38. The van der Waals surface area contributed by atoms with Crippen LogP contribution >= 0.6 is 0 Å². The first-order chi connectivity index (χ1) is 10.8. The topological polar surface area (TPSA) is 21.7 Å². The van der Waals surface area contributed by atoms with E-state index in [-0.39, 0.29) is 5.54 Å². The second-order valence-electron chi connectivity index (χ2n) is 7.08. The Balaban J connectivity index is 1.97. The maximum Gasteiger partial charge on any atom is 0.166 e. The number of ether oxygens (including phenoxy) is 2. The maximum atomic E-state index is 5.89. The molecule has 2 atom stereocenters. The summed E-state index contributed by atoms with van der Waals surface area (Å²) in [5.41, 5.74) is 3.17. The van der Waals surface area contributed by atoms with Gasteiger partial charge in [-0.05, 0) is 62.7 Å². The van der Waals surface area contributed by atoms with Gasteiger partial charge in [0, 0.05) is 5.56 Å². The third kappa shape index (κ3) is 1.84. The summed E-state index contributed by atoms with van der Waals surface area (Å²) in [4.78, 5) is 2.78. The molecule has 0 amide bonds. The molecule has 2 fully saturated rings. The van der Waals surface area contributed by atoms with Crippen LogP contribution in [-0.2, 0) is 12.0 Å². The fourth-order valence-corrected chi connectivity index (χ4v) is 5.45. The summed E-state index contributed by atoms with van der Waals surface area (Å²) >= 11 is 0. The van der Waals surface area contributed by atoms with Gasteiger partial charge in [0.25, 0.3) is 0 Å². The molecular formula is C19H27NO2. The van der Waals surface area contributed by atoms with E-state index in [1.165, 1.54) is 69.2 Å². The number of aryl methyl sites for hydroxylation is 1. The minimum absolute atomic E-state index is 0.212. The summed E-state index contributed by atoms with van der Waals surface area (Å²) < 4.78 is 11.5. The summed E-state index contributed by atoms with van der Waals surface area (Å²) in [6.45, 7) is 2.49. The third-order valence-corrected chi connectivity index (χ3v) is 6.29. The van der Waals surface area contributed by atoms with Gasteiger partial charge in [-0.2, -0.15) is 0 Å². The summed E-state index contributed by atoms with van der Waals surface area (Å²) in [5, 5.41) is 0. The van der Waals surface area contributed by atoms with Crippen molar-refractivity contribution in [3.05, 3.63) is 23.3 Å². The van der Waals surface area contributed by atoms with Crippen LogP contribution in [0.4, 0.5) is 0 Å². The minimum atomic E-state index is 0.212. The summed E-state index contributed by atoms with van der Waals surface area (Å²) in [5.74, 6) is 2.69. The molecule has 1 spiro atoms. The molecule has 1 aromatic carbocycles. The molecule has 0 bridgehead atoms. The van der Waals surface area contributed by atoms with Gasteiger partial charge in [-0.25, -0.2) is 0 Å². The lowest BCUT2D eigenvalue weighted by atomic mass is 9.68. The van der Waals surface area contributed by atoms with E-state index in [1.807, 2.05) is 0 Å². The predicted octanol–water partition coefficient (Wildman–Crippen LogP) is 3.74. The van der Waals surface area contributed by atoms with Crippen molar-refractivity contribution in [1.29, 1.82) is 0 Å². The smallest absolute Gasteiger partial charge is 0.166 e. The van der Waals surface area contributed by atoms with E-state index >= 15 is 0 Å². The van der Waals surface area contributed by atoms with Crippen molar-refractivity contribution >= 4 is 0 Å². The monoisotopic (exact) mass is 301 g/mol. The summed E-state index contributed by atoms with van der Waals surface area (Å²) in [7, 11) is 3.56. The molecule has 4 rings (SSSR count). The third-order valence-electron chi connectivity index (χ3n) is 6.29. The van der Waals surface area contributed by atoms with E-state index in [1.54, 1.807) is 14.2 Å². The van der Waals surface area contributed by atoms with Crippen LogP contribution in [0.3, 0.4) is 0 Å². The number of hydrogen-bond acceptors (Lipinski definition) is 3. The lowest BCUT2D eigenvalue weighted by Gasteiger charge is -2.46. The number of hydrogen-bond donors (Lipinski definition) is 0. The van der Waals surface area contributed by atoms with Crippen molar-refractivity contribution in [3.63, 3.8) is 0 Å². The Morgan fingerprint density at radius 1 is 1.05 bits per heavy atom. The van der Waals surface area contributed by atoms with Crippen LogP contribution in [0.15, 0.2) is 12.1 Å². The fraction of sp³-hybridized carbons (Fsp3) is 0.684. The van der Waals surface area contributed by atoms with Crippen LogP contribution in [0.2, 0.25) is 0 Å². The average Bonchev–Trinajstić information content (AvgIpc) is 2.86. The average molecular weight is 301 g/mol. The van der Waals surface area contributed by atoms with Gasteiger partial charge >= 0.3 is 0 Å². The van der Waals surface area contributed by atoms with Crippen LogP contribution in [0.5, 0.6) is 11.5 Å². The molecular weight excluding hydrogens is 274 g/mol. The SMILES string of the molecule is COc1ccc2c(c1OC)C13CCCCC1CCN3CCC2. The maximum absolute atomic E-state index is 5.89. The molecule has 1 aliphatic carbocycles. The highest BCUT2D eigenvalue weighted by molar-refractivity contribution is 5.55. The van der Waals surface area contributed by atoms with E-state index < -0.39 is 0 Å². The summed E-state index contributed by atoms with van der Waals surface area (Å²) in [6.07, 6.45) is 9.16. The Kier molecular flexibility index (Phi) is 3.56. The van der Waals surface area contributed by atoms with E-state index in [0.29, 0.717) is 0 Å². The molecule has 120 valence electrons. The lowest BCUT2D eigenvalue weighted by Crippen LogP contribution is -2.47. The largest absolute Gasteiger partial charge is 0.493 e. The molecule has 2 aliphatic heterocycles. The molecule has 22 heavy (non-hydrogen) atoms. The van der Waals surface area contributed by atoms with Gasteiger partial charge in [-0.3, -0.25) is 4.90 Å². The zero-order chi connectivity index (χ0) is 15.2.